The summed E-state index contributed by atoms with van der Waals surface area (Å²) in [5.74, 6) is -0.544. The van der Waals surface area contributed by atoms with E-state index < -0.39 is 21.9 Å². The third kappa shape index (κ3) is 4.33. The molecule has 0 spiro atoms. The van der Waals surface area contributed by atoms with E-state index in [9.17, 15) is 22.4 Å². The molecule has 2 aromatic rings. The third-order valence-corrected chi connectivity index (χ3v) is 7.70. The summed E-state index contributed by atoms with van der Waals surface area (Å²) in [5.41, 5.74) is 1.51. The molecule has 8 nitrogen and oxygen atoms in total. The van der Waals surface area contributed by atoms with Crippen molar-refractivity contribution in [1.82, 2.24) is 9.21 Å². The Morgan fingerprint density at radius 1 is 1.19 bits per heavy atom. The third-order valence-electron chi connectivity index (χ3n) is 5.66. The van der Waals surface area contributed by atoms with Gasteiger partial charge in [0.1, 0.15) is 11.6 Å². The number of benzene rings is 2. The Balaban J connectivity index is 1.46. The van der Waals surface area contributed by atoms with Crippen molar-refractivity contribution in [3.05, 3.63) is 53.3 Å². The van der Waals surface area contributed by atoms with E-state index in [1.165, 1.54) is 22.5 Å². The number of carbonyl (C=O) groups excluding carboxylic acids is 2. The van der Waals surface area contributed by atoms with Crippen LogP contribution in [-0.2, 0) is 26.0 Å². The number of aryl methyl sites for hydroxylation is 1. The number of nitrogens with one attached hydrogen (secondary N) is 1. The van der Waals surface area contributed by atoms with Crippen LogP contribution in [0.2, 0.25) is 0 Å². The summed E-state index contributed by atoms with van der Waals surface area (Å²) in [6, 6.07) is 8.91. The molecule has 0 radical (unpaired) electrons. The van der Waals surface area contributed by atoms with Gasteiger partial charge < -0.3 is 15.0 Å². The number of ether oxygens (including phenoxy) is 1. The first kappa shape index (κ1) is 22.2. The highest BCUT2D eigenvalue weighted by Crippen LogP contribution is 2.35. The summed E-state index contributed by atoms with van der Waals surface area (Å²) in [6.07, 6.45) is -0.649. The molecule has 1 N–H and O–H groups in total. The monoisotopic (exact) mass is 461 g/mol. The summed E-state index contributed by atoms with van der Waals surface area (Å²) < 4.78 is 46.8. The van der Waals surface area contributed by atoms with Crippen LogP contribution in [0.4, 0.5) is 10.1 Å². The fourth-order valence-corrected chi connectivity index (χ4v) is 5.52. The van der Waals surface area contributed by atoms with E-state index in [2.05, 4.69) is 5.32 Å². The number of carbonyl (C=O) groups is 2. The van der Waals surface area contributed by atoms with Gasteiger partial charge >= 0.3 is 0 Å². The second-order valence-electron chi connectivity index (χ2n) is 7.95. The fraction of sp³-hybridized carbons (Fsp3) is 0.364. The van der Waals surface area contributed by atoms with Crippen LogP contribution < -0.4 is 10.1 Å². The maximum absolute atomic E-state index is 13.4. The minimum Gasteiger partial charge on any atom is -0.479 e. The lowest BCUT2D eigenvalue weighted by molar-refractivity contribution is -0.131. The van der Waals surface area contributed by atoms with Crippen molar-refractivity contribution in [2.24, 2.45) is 0 Å². The van der Waals surface area contributed by atoms with Gasteiger partial charge in [0.15, 0.2) is 6.10 Å². The van der Waals surface area contributed by atoms with E-state index >= 15 is 0 Å². The summed E-state index contributed by atoms with van der Waals surface area (Å²) in [7, 11) is -3.82. The lowest BCUT2D eigenvalue weighted by Crippen LogP contribution is -2.51. The van der Waals surface area contributed by atoms with Gasteiger partial charge in [-0.25, -0.2) is 12.8 Å². The molecule has 10 heteroatoms. The Kier molecular flexibility index (Phi) is 5.91. The molecule has 170 valence electrons. The molecular formula is C22H24FN3O5S. The molecule has 1 atom stereocenters. The van der Waals surface area contributed by atoms with Crippen molar-refractivity contribution in [3.8, 4) is 5.75 Å². The van der Waals surface area contributed by atoms with Gasteiger partial charge in [0, 0.05) is 32.2 Å². The molecule has 1 unspecified atom stereocenters. The van der Waals surface area contributed by atoms with Crippen molar-refractivity contribution in [2.75, 3.05) is 31.5 Å². The Hall–Kier alpha value is -2.98. The lowest BCUT2D eigenvalue weighted by atomic mass is 10.1. The zero-order valence-corrected chi connectivity index (χ0v) is 18.6. The lowest BCUT2D eigenvalue weighted by Gasteiger charge is -2.34. The second kappa shape index (κ2) is 8.51. The minimum atomic E-state index is -3.82. The number of halogens is 1. The van der Waals surface area contributed by atoms with Crippen molar-refractivity contribution in [2.45, 2.75) is 31.3 Å². The molecule has 2 aliphatic heterocycles. The molecule has 0 aromatic heterocycles. The molecule has 0 bridgehead atoms. The molecule has 2 aromatic carbocycles. The van der Waals surface area contributed by atoms with Crippen LogP contribution in [0.3, 0.4) is 0 Å². The average molecular weight is 462 g/mol. The second-order valence-corrected chi connectivity index (χ2v) is 9.86. The van der Waals surface area contributed by atoms with Gasteiger partial charge in [-0.3, -0.25) is 9.59 Å². The first-order chi connectivity index (χ1) is 15.1. The van der Waals surface area contributed by atoms with Gasteiger partial charge in [0.2, 0.25) is 15.9 Å². The molecule has 2 heterocycles. The number of sulfonamides is 1. The molecule has 2 amide bonds. The molecule has 0 aliphatic carbocycles. The number of rotatable bonds is 4. The van der Waals surface area contributed by atoms with Gasteiger partial charge in [0.25, 0.3) is 5.91 Å². The van der Waals surface area contributed by atoms with Crippen LogP contribution >= 0.6 is 0 Å². The Morgan fingerprint density at radius 3 is 2.59 bits per heavy atom. The van der Waals surface area contributed by atoms with Gasteiger partial charge in [-0.15, -0.1) is 0 Å². The number of anilines is 1. The Bertz CT molecular complexity index is 1180. The predicted molar refractivity (Wildman–Crippen MR) is 115 cm³/mol. The van der Waals surface area contributed by atoms with E-state index in [0.29, 0.717) is 22.6 Å². The number of nitrogens with zero attached hydrogens (tertiary/aromatic N) is 2. The Morgan fingerprint density at radius 2 is 1.91 bits per heavy atom. The molecule has 1 saturated heterocycles. The maximum Gasteiger partial charge on any atom is 0.265 e. The van der Waals surface area contributed by atoms with Crippen LogP contribution in [0, 0.1) is 12.7 Å². The van der Waals surface area contributed by atoms with Crippen LogP contribution in [0.5, 0.6) is 5.75 Å². The van der Waals surface area contributed by atoms with Crippen molar-refractivity contribution < 1.29 is 27.1 Å². The molecule has 0 saturated carbocycles. The first-order valence-electron chi connectivity index (χ1n) is 10.3. The number of amides is 2. The van der Waals surface area contributed by atoms with Crippen LogP contribution in [-0.4, -0.2) is 61.7 Å². The fourth-order valence-electron chi connectivity index (χ4n) is 3.87. The highest BCUT2D eigenvalue weighted by Gasteiger charge is 2.33. The van der Waals surface area contributed by atoms with E-state index in [-0.39, 0.29) is 49.3 Å². The summed E-state index contributed by atoms with van der Waals surface area (Å²) in [6.45, 7) is 4.06. The molecule has 2 aliphatic rings. The average Bonchev–Trinajstić information content (AvgIpc) is 2.74. The zero-order chi connectivity index (χ0) is 23.0. The van der Waals surface area contributed by atoms with Crippen molar-refractivity contribution in [1.29, 1.82) is 0 Å². The van der Waals surface area contributed by atoms with Gasteiger partial charge in [0.05, 0.1) is 17.0 Å². The topological polar surface area (TPSA) is 96.0 Å². The number of fused-ring (bicyclic) bond motifs is 1. The van der Waals surface area contributed by atoms with E-state index in [0.717, 1.165) is 0 Å². The van der Waals surface area contributed by atoms with Crippen LogP contribution in [0.25, 0.3) is 0 Å². The first-order valence-corrected chi connectivity index (χ1v) is 11.7. The van der Waals surface area contributed by atoms with Crippen LogP contribution in [0.1, 0.15) is 18.1 Å². The molecular weight excluding hydrogens is 437 g/mol. The molecule has 32 heavy (non-hydrogen) atoms. The Labute approximate surface area is 186 Å². The van der Waals surface area contributed by atoms with Gasteiger partial charge in [-0.2, -0.15) is 4.31 Å². The van der Waals surface area contributed by atoms with Crippen molar-refractivity contribution in [3.63, 3.8) is 0 Å². The summed E-state index contributed by atoms with van der Waals surface area (Å²) in [5, 5.41) is 2.71. The normalized spacial score (nSPS) is 19.2. The van der Waals surface area contributed by atoms with Gasteiger partial charge in [-0.05, 0) is 43.2 Å². The van der Waals surface area contributed by atoms with E-state index in [1.807, 2.05) is 0 Å². The number of hydrogen-bond acceptors (Lipinski definition) is 5. The summed E-state index contributed by atoms with van der Waals surface area (Å²) in [4.78, 5) is 26.1. The quantitative estimate of drug-likeness (QED) is 0.751. The standard InChI is InChI=1S/C22H24FN3O5S/c1-14-10-18-19(31-15(2)22(28)24-18)13-20(14)32(29,30)26-8-6-25(7-9-26)21(27)12-16-4-3-5-17(23)11-16/h3-5,10-11,13,15H,6-9,12H2,1-2H3,(H,24,28). The number of hydrogen-bond donors (Lipinski definition) is 1. The number of piperazine rings is 1. The van der Waals surface area contributed by atoms with Crippen molar-refractivity contribution >= 4 is 27.5 Å². The molecule has 4 rings (SSSR count). The van der Waals surface area contributed by atoms with Gasteiger partial charge in [-0.1, -0.05) is 12.1 Å². The highest BCUT2D eigenvalue weighted by molar-refractivity contribution is 7.89. The van der Waals surface area contributed by atoms with E-state index in [1.54, 1.807) is 36.9 Å². The minimum absolute atomic E-state index is 0.0652. The zero-order valence-electron chi connectivity index (χ0n) is 17.8. The molecule has 1 fully saturated rings. The maximum atomic E-state index is 13.4. The largest absolute Gasteiger partial charge is 0.479 e. The van der Waals surface area contributed by atoms with Crippen LogP contribution in [0.15, 0.2) is 41.3 Å². The van der Waals surface area contributed by atoms with E-state index in [4.69, 9.17) is 4.74 Å². The smallest absolute Gasteiger partial charge is 0.265 e. The SMILES string of the molecule is Cc1cc2c(cc1S(=O)(=O)N1CCN(C(=O)Cc3cccc(F)c3)CC1)OC(C)C(=O)N2. The highest BCUT2D eigenvalue weighted by atomic mass is 32.2. The summed E-state index contributed by atoms with van der Waals surface area (Å²) >= 11 is 0. The predicted octanol–water partition coefficient (Wildman–Crippen LogP) is 1.93.